The molecule has 0 aliphatic rings. The maximum atomic E-state index is 12.3. The molecule has 0 aliphatic heterocycles. The fraction of sp³-hybridized carbons (Fsp3) is 0.263. The van der Waals surface area contributed by atoms with Gasteiger partial charge in [0.2, 0.25) is 0 Å². The van der Waals surface area contributed by atoms with Crippen molar-refractivity contribution in [3.05, 3.63) is 70.8 Å². The number of amides is 1. The molecule has 0 radical (unpaired) electrons. The molecule has 2 aromatic rings. The van der Waals surface area contributed by atoms with E-state index in [1.165, 1.54) is 7.11 Å². The second kappa shape index (κ2) is 7.58. The lowest BCUT2D eigenvalue weighted by molar-refractivity contribution is -0.142. The summed E-state index contributed by atoms with van der Waals surface area (Å²) in [5.41, 5.74) is 3.75. The highest BCUT2D eigenvalue weighted by Crippen LogP contribution is 2.16. The quantitative estimate of drug-likeness (QED) is 0.864. The molecular weight excluding hydrogens is 290 g/mol. The van der Waals surface area contributed by atoms with Gasteiger partial charge in [0.1, 0.15) is 6.04 Å². The van der Waals surface area contributed by atoms with Crippen molar-refractivity contribution in [1.29, 1.82) is 0 Å². The number of hydrogen-bond donors (Lipinski definition) is 1. The lowest BCUT2D eigenvalue weighted by Gasteiger charge is -2.19. The molecule has 0 aliphatic carbocycles. The zero-order valence-corrected chi connectivity index (χ0v) is 13.6. The zero-order valence-electron chi connectivity index (χ0n) is 13.6. The van der Waals surface area contributed by atoms with Crippen molar-refractivity contribution in [2.45, 2.75) is 26.3 Å². The number of aryl methyl sites for hydroxylation is 2. The maximum absolute atomic E-state index is 12.3. The summed E-state index contributed by atoms with van der Waals surface area (Å²) in [5.74, 6) is -0.732. The molecule has 0 fully saturated rings. The van der Waals surface area contributed by atoms with Gasteiger partial charge in [-0.1, -0.05) is 36.4 Å². The minimum Gasteiger partial charge on any atom is -0.467 e. The molecule has 0 aromatic heterocycles. The fourth-order valence-electron chi connectivity index (χ4n) is 2.54. The second-order valence-electron chi connectivity index (χ2n) is 5.49. The predicted molar refractivity (Wildman–Crippen MR) is 89.3 cm³/mol. The summed E-state index contributed by atoms with van der Waals surface area (Å²) >= 11 is 0. The van der Waals surface area contributed by atoms with Crippen LogP contribution in [-0.4, -0.2) is 25.0 Å². The van der Waals surface area contributed by atoms with Crippen molar-refractivity contribution in [3.63, 3.8) is 0 Å². The van der Waals surface area contributed by atoms with E-state index in [0.29, 0.717) is 12.0 Å². The smallest absolute Gasteiger partial charge is 0.328 e. The van der Waals surface area contributed by atoms with Crippen LogP contribution in [0.15, 0.2) is 48.5 Å². The van der Waals surface area contributed by atoms with Crippen LogP contribution in [0, 0.1) is 13.8 Å². The number of rotatable bonds is 5. The molecule has 4 heteroatoms. The van der Waals surface area contributed by atoms with E-state index in [0.717, 1.165) is 16.7 Å². The largest absolute Gasteiger partial charge is 0.467 e. The number of methoxy groups -OCH3 is 1. The van der Waals surface area contributed by atoms with Crippen LogP contribution in [0.2, 0.25) is 0 Å². The molecule has 0 unspecified atom stereocenters. The van der Waals surface area contributed by atoms with E-state index in [1.54, 1.807) is 24.3 Å². The number of esters is 1. The first-order valence-corrected chi connectivity index (χ1v) is 7.51. The molecule has 2 aromatic carbocycles. The fourth-order valence-corrected chi connectivity index (χ4v) is 2.54. The van der Waals surface area contributed by atoms with Crippen molar-refractivity contribution in [1.82, 2.24) is 5.32 Å². The molecule has 4 nitrogen and oxygen atoms in total. The van der Waals surface area contributed by atoms with E-state index in [-0.39, 0.29) is 5.91 Å². The lowest BCUT2D eigenvalue weighted by Crippen LogP contribution is -2.43. The van der Waals surface area contributed by atoms with Gasteiger partial charge in [-0.05, 0) is 42.7 Å². The molecular formula is C19H21NO3. The first-order valence-electron chi connectivity index (χ1n) is 7.51. The summed E-state index contributed by atoms with van der Waals surface area (Å²) in [7, 11) is 1.33. The zero-order chi connectivity index (χ0) is 16.8. The molecule has 23 heavy (non-hydrogen) atoms. The topological polar surface area (TPSA) is 55.4 Å². The van der Waals surface area contributed by atoms with Gasteiger partial charge in [-0.25, -0.2) is 4.79 Å². The van der Waals surface area contributed by atoms with Crippen LogP contribution in [0.25, 0.3) is 0 Å². The summed E-state index contributed by atoms with van der Waals surface area (Å²) in [4.78, 5) is 24.4. The lowest BCUT2D eigenvalue weighted by atomic mass is 9.96. The van der Waals surface area contributed by atoms with Gasteiger partial charge in [0, 0.05) is 12.0 Å². The van der Waals surface area contributed by atoms with Gasteiger partial charge in [0.15, 0.2) is 0 Å². The highest BCUT2D eigenvalue weighted by molar-refractivity contribution is 5.96. The average molecular weight is 311 g/mol. The van der Waals surface area contributed by atoms with Crippen LogP contribution in [0.1, 0.15) is 27.0 Å². The van der Waals surface area contributed by atoms with E-state index < -0.39 is 12.0 Å². The molecule has 2 rings (SSSR count). The minimum absolute atomic E-state index is 0.285. The Hall–Kier alpha value is -2.62. The van der Waals surface area contributed by atoms with Gasteiger partial charge in [-0.3, -0.25) is 4.79 Å². The van der Waals surface area contributed by atoms with Crippen molar-refractivity contribution in [2.24, 2.45) is 0 Å². The Kier molecular flexibility index (Phi) is 5.52. The first kappa shape index (κ1) is 16.7. The molecule has 0 spiro atoms. The van der Waals surface area contributed by atoms with Crippen molar-refractivity contribution < 1.29 is 14.3 Å². The molecule has 1 atom stereocenters. The van der Waals surface area contributed by atoms with Gasteiger partial charge in [-0.2, -0.15) is 0 Å². The van der Waals surface area contributed by atoms with Crippen molar-refractivity contribution >= 4 is 11.9 Å². The summed E-state index contributed by atoms with van der Waals surface area (Å²) in [6, 6.07) is 14.1. The highest BCUT2D eigenvalue weighted by atomic mass is 16.5. The first-order chi connectivity index (χ1) is 11.0. The van der Waals surface area contributed by atoms with E-state index in [4.69, 9.17) is 4.74 Å². The van der Waals surface area contributed by atoms with E-state index in [1.807, 2.05) is 38.1 Å². The molecule has 1 N–H and O–H groups in total. The Bertz CT molecular complexity index is 675. The number of benzene rings is 2. The predicted octanol–water partition coefficient (Wildman–Crippen LogP) is 2.82. The van der Waals surface area contributed by atoms with Crippen molar-refractivity contribution in [3.8, 4) is 0 Å². The summed E-state index contributed by atoms with van der Waals surface area (Å²) in [6.45, 7) is 3.99. The Morgan fingerprint density at radius 1 is 1.00 bits per heavy atom. The van der Waals surface area contributed by atoms with Gasteiger partial charge in [0.05, 0.1) is 7.11 Å². The number of carbonyl (C=O) groups excluding carboxylic acids is 2. The van der Waals surface area contributed by atoms with Crippen LogP contribution in [0.4, 0.5) is 0 Å². The maximum Gasteiger partial charge on any atom is 0.328 e. The second-order valence-corrected chi connectivity index (χ2v) is 5.49. The third kappa shape index (κ3) is 4.19. The number of ether oxygens (including phenoxy) is 1. The summed E-state index contributed by atoms with van der Waals surface area (Å²) in [5, 5.41) is 2.77. The number of carbonyl (C=O) groups is 2. The third-order valence-electron chi connectivity index (χ3n) is 3.88. The van der Waals surface area contributed by atoms with E-state index in [2.05, 4.69) is 5.32 Å². The number of hydrogen-bond acceptors (Lipinski definition) is 3. The van der Waals surface area contributed by atoms with Gasteiger partial charge < -0.3 is 10.1 Å². The summed E-state index contributed by atoms with van der Waals surface area (Å²) in [6.07, 6.45) is 0.407. The molecule has 0 saturated carbocycles. The van der Waals surface area contributed by atoms with Crippen molar-refractivity contribution in [2.75, 3.05) is 7.11 Å². The van der Waals surface area contributed by atoms with E-state index >= 15 is 0 Å². The van der Waals surface area contributed by atoms with Crippen LogP contribution in [0.3, 0.4) is 0 Å². The van der Waals surface area contributed by atoms with Gasteiger partial charge in [0.25, 0.3) is 5.91 Å². The normalized spacial score (nSPS) is 11.6. The number of nitrogens with one attached hydrogen (secondary N) is 1. The highest BCUT2D eigenvalue weighted by Gasteiger charge is 2.23. The summed E-state index contributed by atoms with van der Waals surface area (Å²) < 4.78 is 4.85. The van der Waals surface area contributed by atoms with Gasteiger partial charge in [-0.15, -0.1) is 0 Å². The molecule has 0 heterocycles. The standard InChI is InChI=1S/C19H21NO3/c1-13-8-7-9-14(2)16(13)12-17(19(22)23-3)20-18(21)15-10-5-4-6-11-15/h4-11,17H,12H2,1-3H3,(H,20,21)/t17-/m1/s1. The Morgan fingerprint density at radius 3 is 2.17 bits per heavy atom. The third-order valence-corrected chi connectivity index (χ3v) is 3.88. The Labute approximate surface area is 136 Å². The average Bonchev–Trinajstić information content (AvgIpc) is 2.57. The van der Waals surface area contributed by atoms with Crippen LogP contribution in [0.5, 0.6) is 0 Å². The molecule has 120 valence electrons. The molecule has 1 amide bonds. The van der Waals surface area contributed by atoms with Crippen LogP contribution < -0.4 is 5.32 Å². The minimum atomic E-state index is -0.715. The Morgan fingerprint density at radius 2 is 1.61 bits per heavy atom. The van der Waals surface area contributed by atoms with E-state index in [9.17, 15) is 9.59 Å². The van der Waals surface area contributed by atoms with Crippen LogP contribution in [-0.2, 0) is 16.0 Å². The molecule has 0 saturated heterocycles. The SMILES string of the molecule is COC(=O)[C@@H](Cc1c(C)cccc1C)NC(=O)c1ccccc1. The molecule has 0 bridgehead atoms. The van der Waals surface area contributed by atoms with Crippen LogP contribution >= 0.6 is 0 Å². The monoisotopic (exact) mass is 311 g/mol. The van der Waals surface area contributed by atoms with Gasteiger partial charge >= 0.3 is 5.97 Å². The Balaban J connectivity index is 2.21.